The second kappa shape index (κ2) is 6.04. The Balaban J connectivity index is 1.87. The normalized spacial score (nSPS) is 15.2. The summed E-state index contributed by atoms with van der Waals surface area (Å²) in [5, 5.41) is 3.23. The molecule has 1 fully saturated rings. The zero-order valence-electron chi connectivity index (χ0n) is 12.9. The molecule has 1 aliphatic heterocycles. The fourth-order valence-electron chi connectivity index (χ4n) is 1.99. The minimum Gasteiger partial charge on any atom is -0.444 e. The van der Waals surface area contributed by atoms with Crippen molar-refractivity contribution in [3.05, 3.63) is 23.2 Å². The Hall–Kier alpha value is -1.95. The van der Waals surface area contributed by atoms with Gasteiger partial charge < -0.3 is 20.7 Å². The van der Waals surface area contributed by atoms with E-state index in [1.54, 1.807) is 39.0 Å². The Kier molecular flexibility index (Phi) is 4.51. The molecule has 1 aromatic carbocycles. The van der Waals surface area contributed by atoms with Gasteiger partial charge in [0.25, 0.3) is 0 Å². The van der Waals surface area contributed by atoms with Crippen molar-refractivity contribution in [1.82, 2.24) is 4.90 Å². The number of rotatable bonds is 2. The predicted octanol–water partition coefficient (Wildman–Crippen LogP) is 2.73. The van der Waals surface area contributed by atoms with Gasteiger partial charge in [-0.2, -0.15) is 0 Å². The van der Waals surface area contributed by atoms with E-state index < -0.39 is 11.7 Å². The van der Waals surface area contributed by atoms with Crippen LogP contribution in [0.2, 0.25) is 5.02 Å². The quantitative estimate of drug-likeness (QED) is 0.819. The summed E-state index contributed by atoms with van der Waals surface area (Å²) in [5.74, 6) is -0.459. The molecule has 7 heteroatoms. The van der Waals surface area contributed by atoms with Crippen LogP contribution in [0.1, 0.15) is 20.8 Å². The van der Waals surface area contributed by atoms with E-state index >= 15 is 0 Å². The van der Waals surface area contributed by atoms with Crippen LogP contribution in [0.3, 0.4) is 0 Å². The predicted molar refractivity (Wildman–Crippen MR) is 85.8 cm³/mol. The number of anilines is 2. The number of amides is 2. The van der Waals surface area contributed by atoms with Crippen molar-refractivity contribution in [2.45, 2.75) is 26.4 Å². The Bertz CT molecular complexity index is 592. The lowest BCUT2D eigenvalue weighted by atomic mass is 9.99. The highest BCUT2D eigenvalue weighted by Crippen LogP contribution is 2.25. The summed E-state index contributed by atoms with van der Waals surface area (Å²) in [5.41, 5.74) is 6.17. The summed E-state index contributed by atoms with van der Waals surface area (Å²) in [6.07, 6.45) is -0.404. The summed E-state index contributed by atoms with van der Waals surface area (Å²) in [7, 11) is 0. The Morgan fingerprint density at radius 3 is 2.59 bits per heavy atom. The van der Waals surface area contributed by atoms with Crippen LogP contribution in [-0.2, 0) is 9.53 Å². The first-order valence-corrected chi connectivity index (χ1v) is 7.37. The van der Waals surface area contributed by atoms with Crippen molar-refractivity contribution in [2.24, 2.45) is 5.92 Å². The van der Waals surface area contributed by atoms with Gasteiger partial charge in [-0.3, -0.25) is 4.79 Å². The molecule has 0 spiro atoms. The van der Waals surface area contributed by atoms with Gasteiger partial charge in [-0.25, -0.2) is 4.79 Å². The number of ether oxygens (including phenoxy) is 1. The standard InChI is InChI=1S/C15H20ClN3O3/c1-15(2,3)22-14(21)19-7-9(8-19)13(20)18-12-6-10(16)4-5-11(12)17/h4-6,9H,7-8,17H2,1-3H3,(H,18,20). The van der Waals surface area contributed by atoms with E-state index in [-0.39, 0.29) is 11.8 Å². The molecule has 0 unspecified atom stereocenters. The molecule has 22 heavy (non-hydrogen) atoms. The molecule has 0 saturated carbocycles. The van der Waals surface area contributed by atoms with Crippen LogP contribution < -0.4 is 11.1 Å². The van der Waals surface area contributed by atoms with Crippen LogP contribution in [0.25, 0.3) is 0 Å². The molecule has 6 nitrogen and oxygen atoms in total. The van der Waals surface area contributed by atoms with E-state index in [1.165, 1.54) is 4.90 Å². The van der Waals surface area contributed by atoms with Gasteiger partial charge in [0, 0.05) is 18.1 Å². The van der Waals surface area contributed by atoms with Crippen molar-refractivity contribution in [1.29, 1.82) is 0 Å². The highest BCUT2D eigenvalue weighted by Gasteiger charge is 2.37. The number of nitrogens with zero attached hydrogens (tertiary/aromatic N) is 1. The van der Waals surface area contributed by atoms with Gasteiger partial charge in [0.15, 0.2) is 0 Å². The first-order valence-electron chi connectivity index (χ1n) is 6.99. The third kappa shape index (κ3) is 4.04. The first-order chi connectivity index (χ1) is 10.2. The van der Waals surface area contributed by atoms with Crippen molar-refractivity contribution < 1.29 is 14.3 Å². The van der Waals surface area contributed by atoms with Gasteiger partial charge in [0.1, 0.15) is 5.60 Å². The molecule has 0 bridgehead atoms. The van der Waals surface area contributed by atoms with Crippen molar-refractivity contribution in [2.75, 3.05) is 24.1 Å². The van der Waals surface area contributed by atoms with Crippen LogP contribution >= 0.6 is 11.6 Å². The minimum atomic E-state index is -0.542. The van der Waals surface area contributed by atoms with Crippen molar-refractivity contribution in [3.63, 3.8) is 0 Å². The third-order valence-electron chi connectivity index (χ3n) is 3.18. The van der Waals surface area contributed by atoms with E-state index in [0.717, 1.165) is 0 Å². The highest BCUT2D eigenvalue weighted by molar-refractivity contribution is 6.31. The number of benzene rings is 1. The van der Waals surface area contributed by atoms with Gasteiger partial charge in [-0.1, -0.05) is 11.6 Å². The van der Waals surface area contributed by atoms with E-state index in [1.807, 2.05) is 0 Å². The zero-order chi connectivity index (χ0) is 16.5. The van der Waals surface area contributed by atoms with Gasteiger partial charge in [0.2, 0.25) is 5.91 Å². The highest BCUT2D eigenvalue weighted by atomic mass is 35.5. The topological polar surface area (TPSA) is 84.7 Å². The zero-order valence-corrected chi connectivity index (χ0v) is 13.6. The molecule has 0 aliphatic carbocycles. The molecule has 3 N–H and O–H groups in total. The van der Waals surface area contributed by atoms with Gasteiger partial charge in [-0.05, 0) is 39.0 Å². The van der Waals surface area contributed by atoms with E-state index in [2.05, 4.69) is 5.32 Å². The first kappa shape index (κ1) is 16.4. The lowest BCUT2D eigenvalue weighted by molar-refractivity contribution is -0.124. The number of nitrogens with two attached hydrogens (primary N) is 1. The number of carbonyl (C=O) groups excluding carboxylic acids is 2. The molecular formula is C15H20ClN3O3. The number of nitrogen functional groups attached to an aromatic ring is 1. The van der Waals surface area contributed by atoms with Gasteiger partial charge in [0.05, 0.1) is 17.3 Å². The Morgan fingerprint density at radius 2 is 2.00 bits per heavy atom. The molecule has 1 saturated heterocycles. The molecule has 2 rings (SSSR count). The molecule has 1 heterocycles. The number of hydrogen-bond acceptors (Lipinski definition) is 4. The molecule has 0 atom stereocenters. The number of likely N-dealkylation sites (tertiary alicyclic amines) is 1. The Morgan fingerprint density at radius 1 is 1.36 bits per heavy atom. The minimum absolute atomic E-state index is 0.186. The fraction of sp³-hybridized carbons (Fsp3) is 0.467. The second-order valence-electron chi connectivity index (χ2n) is 6.30. The SMILES string of the molecule is CC(C)(C)OC(=O)N1CC(C(=O)Nc2cc(Cl)ccc2N)C1. The number of carbonyl (C=O) groups is 2. The Labute approximate surface area is 134 Å². The van der Waals surface area contributed by atoms with E-state index in [4.69, 9.17) is 22.1 Å². The number of nitrogens with one attached hydrogen (secondary N) is 1. The lowest BCUT2D eigenvalue weighted by Gasteiger charge is -2.38. The van der Waals surface area contributed by atoms with E-state index in [0.29, 0.717) is 29.5 Å². The van der Waals surface area contributed by atoms with Crippen LogP contribution in [0.5, 0.6) is 0 Å². The average molecular weight is 326 g/mol. The average Bonchev–Trinajstić information content (AvgIpc) is 2.29. The number of halogens is 1. The molecular weight excluding hydrogens is 306 g/mol. The van der Waals surface area contributed by atoms with Gasteiger partial charge in [-0.15, -0.1) is 0 Å². The third-order valence-corrected chi connectivity index (χ3v) is 3.41. The van der Waals surface area contributed by atoms with E-state index in [9.17, 15) is 9.59 Å². The molecule has 1 aromatic rings. The van der Waals surface area contributed by atoms with Gasteiger partial charge >= 0.3 is 6.09 Å². The number of hydrogen-bond donors (Lipinski definition) is 2. The lowest BCUT2D eigenvalue weighted by Crippen LogP contribution is -2.55. The van der Waals surface area contributed by atoms with Crippen LogP contribution in [-0.4, -0.2) is 35.6 Å². The summed E-state index contributed by atoms with van der Waals surface area (Å²) in [6, 6.07) is 4.88. The van der Waals surface area contributed by atoms with Crippen LogP contribution in [0, 0.1) is 5.92 Å². The van der Waals surface area contributed by atoms with Crippen molar-refractivity contribution in [3.8, 4) is 0 Å². The van der Waals surface area contributed by atoms with Crippen LogP contribution in [0.15, 0.2) is 18.2 Å². The molecule has 0 radical (unpaired) electrons. The molecule has 120 valence electrons. The van der Waals surface area contributed by atoms with Crippen molar-refractivity contribution >= 4 is 35.0 Å². The summed E-state index contributed by atoms with van der Waals surface area (Å²) in [6.45, 7) is 6.08. The maximum atomic E-state index is 12.1. The second-order valence-corrected chi connectivity index (χ2v) is 6.74. The monoisotopic (exact) mass is 325 g/mol. The maximum Gasteiger partial charge on any atom is 0.410 e. The fourth-order valence-corrected chi connectivity index (χ4v) is 2.16. The van der Waals surface area contributed by atoms with Crippen LogP contribution in [0.4, 0.5) is 16.2 Å². The summed E-state index contributed by atoms with van der Waals surface area (Å²) < 4.78 is 5.24. The maximum absolute atomic E-state index is 12.1. The largest absolute Gasteiger partial charge is 0.444 e. The smallest absolute Gasteiger partial charge is 0.410 e. The molecule has 2 amide bonds. The summed E-state index contributed by atoms with van der Waals surface area (Å²) in [4.78, 5) is 25.4. The molecule has 1 aliphatic rings. The summed E-state index contributed by atoms with van der Waals surface area (Å²) >= 11 is 5.88. The molecule has 0 aromatic heterocycles.